The molecule has 0 aromatic heterocycles. The summed E-state index contributed by atoms with van der Waals surface area (Å²) in [5.41, 5.74) is 1.30. The van der Waals surface area contributed by atoms with Gasteiger partial charge in [-0.05, 0) is 24.6 Å². The van der Waals surface area contributed by atoms with E-state index < -0.39 is 0 Å². The van der Waals surface area contributed by atoms with Gasteiger partial charge in [0.25, 0.3) is 0 Å². The summed E-state index contributed by atoms with van der Waals surface area (Å²) >= 11 is 11.5. The highest BCUT2D eigenvalue weighted by atomic mass is 35.5. The molecule has 0 amide bonds. The Bertz CT molecular complexity index is 302. The number of hydrogen-bond acceptors (Lipinski definition) is 0. The summed E-state index contributed by atoms with van der Waals surface area (Å²) in [6.07, 6.45) is 0. The Kier molecular flexibility index (Phi) is 2.38. The Morgan fingerprint density at radius 3 is 2.09 bits per heavy atom. The van der Waals surface area contributed by atoms with Crippen molar-refractivity contribution < 1.29 is 0 Å². The zero-order valence-electron chi connectivity index (χ0n) is 5.86. The largest absolute Gasteiger partial charge is 0.238 e. The van der Waals surface area contributed by atoms with Gasteiger partial charge in [-0.15, -0.1) is 0 Å². The molecule has 0 saturated carbocycles. The second-order valence-corrected chi connectivity index (χ2v) is 2.96. The molecule has 0 bridgehead atoms. The van der Waals surface area contributed by atoms with Crippen LogP contribution in [0.5, 0.6) is 0 Å². The maximum absolute atomic E-state index is 6.72. The minimum absolute atomic E-state index is 0.477. The van der Waals surface area contributed by atoms with Crippen molar-refractivity contribution in [2.75, 3.05) is 0 Å². The van der Waals surface area contributed by atoms with Crippen LogP contribution < -0.4 is 0 Å². The van der Waals surface area contributed by atoms with E-state index in [2.05, 4.69) is 4.85 Å². The normalized spacial score (nSPS) is 9.27. The van der Waals surface area contributed by atoms with Crippen LogP contribution in [-0.4, -0.2) is 0 Å². The first-order valence-corrected chi connectivity index (χ1v) is 3.74. The molecule has 0 atom stereocenters. The number of halogens is 2. The summed E-state index contributed by atoms with van der Waals surface area (Å²) in [5, 5.41) is 1.09. The van der Waals surface area contributed by atoms with Crippen LogP contribution in [0.3, 0.4) is 0 Å². The van der Waals surface area contributed by atoms with Crippen LogP contribution in [0.15, 0.2) is 12.1 Å². The van der Waals surface area contributed by atoms with Gasteiger partial charge in [-0.1, -0.05) is 23.2 Å². The van der Waals surface area contributed by atoms with Gasteiger partial charge in [0.1, 0.15) is 0 Å². The van der Waals surface area contributed by atoms with Crippen molar-refractivity contribution >= 4 is 28.9 Å². The lowest BCUT2D eigenvalue weighted by Gasteiger charge is -2.00. The summed E-state index contributed by atoms with van der Waals surface area (Å²) in [6.45, 7) is 8.53. The van der Waals surface area contributed by atoms with Crippen molar-refractivity contribution in [2.45, 2.75) is 6.92 Å². The van der Waals surface area contributed by atoms with Gasteiger partial charge in [0.15, 0.2) is 5.69 Å². The molecule has 0 saturated heterocycles. The second kappa shape index (κ2) is 3.13. The van der Waals surface area contributed by atoms with Gasteiger partial charge in [0.05, 0.1) is 6.57 Å². The summed E-state index contributed by atoms with van der Waals surface area (Å²) in [5.74, 6) is 0. The molecule has 0 radical (unpaired) electrons. The fourth-order valence-corrected chi connectivity index (χ4v) is 1.17. The van der Waals surface area contributed by atoms with E-state index in [9.17, 15) is 0 Å². The standard InChI is InChI=1S/C8H5Cl2N/c1-5-7(9)3-6(11-2)4-8(5)10/h3-4H,1H3. The summed E-state index contributed by atoms with van der Waals surface area (Å²) < 4.78 is 0. The Hall–Kier alpha value is -0.710. The lowest BCUT2D eigenvalue weighted by atomic mass is 10.2. The van der Waals surface area contributed by atoms with E-state index >= 15 is 0 Å². The zero-order valence-corrected chi connectivity index (χ0v) is 7.37. The number of nitrogens with zero attached hydrogens (tertiary/aromatic N) is 1. The molecule has 0 unspecified atom stereocenters. The van der Waals surface area contributed by atoms with E-state index in [0.717, 1.165) is 5.56 Å². The highest BCUT2D eigenvalue weighted by molar-refractivity contribution is 6.36. The molecule has 0 aliphatic carbocycles. The monoisotopic (exact) mass is 185 g/mol. The first-order valence-electron chi connectivity index (χ1n) is 2.98. The van der Waals surface area contributed by atoms with Crippen LogP contribution in [-0.2, 0) is 0 Å². The fraction of sp³-hybridized carbons (Fsp3) is 0.125. The van der Waals surface area contributed by atoms with Gasteiger partial charge in [-0.25, -0.2) is 4.85 Å². The van der Waals surface area contributed by atoms with Crippen LogP contribution in [0.1, 0.15) is 5.56 Å². The first kappa shape index (κ1) is 8.39. The molecule has 0 aliphatic rings. The van der Waals surface area contributed by atoms with Gasteiger partial charge in [0, 0.05) is 10.0 Å². The van der Waals surface area contributed by atoms with Crippen molar-refractivity contribution in [3.63, 3.8) is 0 Å². The molecule has 3 heteroatoms. The summed E-state index contributed by atoms with van der Waals surface area (Å²) in [4.78, 5) is 3.21. The molecule has 1 nitrogen and oxygen atoms in total. The molecule has 1 aromatic carbocycles. The fourth-order valence-electron chi connectivity index (χ4n) is 0.696. The van der Waals surface area contributed by atoms with Gasteiger partial charge in [-0.2, -0.15) is 0 Å². The number of hydrogen-bond donors (Lipinski definition) is 0. The molecule has 0 N–H and O–H groups in total. The lowest BCUT2D eigenvalue weighted by Crippen LogP contribution is -1.75. The molecule has 0 spiro atoms. The third kappa shape index (κ3) is 1.65. The summed E-state index contributed by atoms with van der Waals surface area (Å²) in [7, 11) is 0. The third-order valence-electron chi connectivity index (χ3n) is 1.39. The topological polar surface area (TPSA) is 4.36 Å². The van der Waals surface area contributed by atoms with Gasteiger partial charge < -0.3 is 0 Å². The highest BCUT2D eigenvalue weighted by Crippen LogP contribution is 2.29. The van der Waals surface area contributed by atoms with E-state index in [-0.39, 0.29) is 0 Å². The first-order chi connectivity index (χ1) is 5.15. The van der Waals surface area contributed by atoms with Gasteiger partial charge >= 0.3 is 0 Å². The molecular weight excluding hydrogens is 181 g/mol. The minimum atomic E-state index is 0.477. The molecule has 0 aliphatic heterocycles. The predicted octanol–water partition coefficient (Wildman–Crippen LogP) is 3.85. The van der Waals surface area contributed by atoms with Crippen LogP contribution in [0, 0.1) is 13.5 Å². The van der Waals surface area contributed by atoms with Crippen molar-refractivity contribution in [3.05, 3.63) is 39.2 Å². The van der Waals surface area contributed by atoms with Crippen molar-refractivity contribution in [1.82, 2.24) is 0 Å². The van der Waals surface area contributed by atoms with Crippen LogP contribution in [0.25, 0.3) is 4.85 Å². The van der Waals surface area contributed by atoms with Crippen molar-refractivity contribution in [1.29, 1.82) is 0 Å². The Morgan fingerprint density at radius 1 is 1.27 bits per heavy atom. The van der Waals surface area contributed by atoms with E-state index in [1.165, 1.54) is 0 Å². The van der Waals surface area contributed by atoms with Crippen LogP contribution in [0.4, 0.5) is 5.69 Å². The maximum atomic E-state index is 6.72. The molecule has 1 aromatic rings. The molecule has 0 heterocycles. The Labute approximate surface area is 75.4 Å². The Morgan fingerprint density at radius 2 is 1.73 bits per heavy atom. The van der Waals surface area contributed by atoms with Crippen molar-refractivity contribution in [3.8, 4) is 0 Å². The Balaban J connectivity index is 3.35. The third-order valence-corrected chi connectivity index (χ3v) is 2.18. The summed E-state index contributed by atoms with van der Waals surface area (Å²) in [6, 6.07) is 3.21. The number of rotatable bonds is 0. The lowest BCUT2D eigenvalue weighted by molar-refractivity contribution is 1.48. The average molecular weight is 186 g/mol. The smallest absolute Gasteiger partial charge is 0.190 e. The SMILES string of the molecule is [C-]#[N+]c1cc(Cl)c(C)c(Cl)c1. The predicted molar refractivity (Wildman–Crippen MR) is 47.5 cm³/mol. The molecule has 1 rings (SSSR count). The molecular formula is C8H5Cl2N. The highest BCUT2D eigenvalue weighted by Gasteiger charge is 2.02. The van der Waals surface area contributed by atoms with E-state index in [1.54, 1.807) is 12.1 Å². The molecule has 11 heavy (non-hydrogen) atoms. The zero-order chi connectivity index (χ0) is 8.43. The van der Waals surface area contributed by atoms with Crippen LogP contribution in [0.2, 0.25) is 10.0 Å². The quantitative estimate of drug-likeness (QED) is 0.542. The van der Waals surface area contributed by atoms with Gasteiger partial charge in [0.2, 0.25) is 0 Å². The van der Waals surface area contributed by atoms with Gasteiger partial charge in [-0.3, -0.25) is 0 Å². The minimum Gasteiger partial charge on any atom is -0.238 e. The second-order valence-electron chi connectivity index (χ2n) is 2.15. The average Bonchev–Trinajstić information content (AvgIpc) is 1.99. The van der Waals surface area contributed by atoms with E-state index in [0.29, 0.717) is 15.7 Å². The van der Waals surface area contributed by atoms with Crippen molar-refractivity contribution in [2.24, 2.45) is 0 Å². The molecule has 56 valence electrons. The molecule has 0 fully saturated rings. The van der Waals surface area contributed by atoms with E-state index in [1.807, 2.05) is 6.92 Å². The van der Waals surface area contributed by atoms with E-state index in [4.69, 9.17) is 29.8 Å². The number of benzene rings is 1. The van der Waals surface area contributed by atoms with Crippen LogP contribution >= 0.6 is 23.2 Å². The maximum Gasteiger partial charge on any atom is 0.190 e.